The molecule has 1 N–H and O–H groups in total. The van der Waals surface area contributed by atoms with E-state index in [1.807, 2.05) is 24.9 Å². The van der Waals surface area contributed by atoms with Crippen LogP contribution in [-0.4, -0.2) is 29.1 Å². The van der Waals surface area contributed by atoms with E-state index < -0.39 is 5.97 Å². The molecular formula is C11H17NO3. The summed E-state index contributed by atoms with van der Waals surface area (Å²) in [6.07, 6.45) is 3.29. The third-order valence-corrected chi connectivity index (χ3v) is 2.82. The van der Waals surface area contributed by atoms with E-state index in [9.17, 15) is 4.79 Å². The standard InChI is InChI=1S/C11H17NO3/c1-8(11(13)14)9(2)12(3)6-10-4-5-15-7-10/h4-5,7-9H,6H2,1-3H3,(H,13,14). The number of carbonyl (C=O) groups is 1. The first-order valence-electron chi connectivity index (χ1n) is 4.96. The van der Waals surface area contributed by atoms with Gasteiger partial charge in [-0.25, -0.2) is 0 Å². The summed E-state index contributed by atoms with van der Waals surface area (Å²) in [5.41, 5.74) is 1.06. The molecule has 0 fully saturated rings. The molecule has 15 heavy (non-hydrogen) atoms. The fourth-order valence-electron chi connectivity index (χ4n) is 1.40. The lowest BCUT2D eigenvalue weighted by atomic mass is 10.0. The molecule has 1 aromatic rings. The molecule has 2 unspecified atom stereocenters. The Kier molecular flexibility index (Phi) is 3.91. The maximum Gasteiger partial charge on any atom is 0.307 e. The summed E-state index contributed by atoms with van der Waals surface area (Å²) in [5.74, 6) is -1.14. The lowest BCUT2D eigenvalue weighted by Crippen LogP contribution is -2.37. The van der Waals surface area contributed by atoms with Crippen LogP contribution in [0.15, 0.2) is 23.0 Å². The van der Waals surface area contributed by atoms with Gasteiger partial charge in [0.05, 0.1) is 18.4 Å². The average Bonchev–Trinajstić information content (AvgIpc) is 2.67. The zero-order valence-electron chi connectivity index (χ0n) is 9.30. The molecule has 1 heterocycles. The number of hydrogen-bond donors (Lipinski definition) is 1. The van der Waals surface area contributed by atoms with E-state index in [0.717, 1.165) is 5.56 Å². The predicted molar refractivity (Wildman–Crippen MR) is 56.4 cm³/mol. The van der Waals surface area contributed by atoms with Crippen molar-refractivity contribution < 1.29 is 14.3 Å². The second-order valence-corrected chi connectivity index (χ2v) is 3.91. The molecule has 0 aliphatic heterocycles. The second kappa shape index (κ2) is 4.98. The molecule has 0 saturated carbocycles. The Morgan fingerprint density at radius 1 is 1.60 bits per heavy atom. The monoisotopic (exact) mass is 211 g/mol. The van der Waals surface area contributed by atoms with Crippen LogP contribution in [0, 0.1) is 5.92 Å². The van der Waals surface area contributed by atoms with Gasteiger partial charge in [-0.2, -0.15) is 0 Å². The lowest BCUT2D eigenvalue weighted by molar-refractivity contribution is -0.143. The van der Waals surface area contributed by atoms with Gasteiger partial charge in [0.15, 0.2) is 0 Å². The zero-order chi connectivity index (χ0) is 11.4. The minimum Gasteiger partial charge on any atom is -0.481 e. The van der Waals surface area contributed by atoms with Gasteiger partial charge in [0.1, 0.15) is 0 Å². The minimum absolute atomic E-state index is 0.00241. The number of hydrogen-bond acceptors (Lipinski definition) is 3. The summed E-state index contributed by atoms with van der Waals surface area (Å²) < 4.78 is 4.96. The summed E-state index contributed by atoms with van der Waals surface area (Å²) in [6.45, 7) is 4.34. The number of aliphatic carboxylic acids is 1. The van der Waals surface area contributed by atoms with Crippen LogP contribution in [0.1, 0.15) is 19.4 Å². The molecule has 0 spiro atoms. The molecule has 2 atom stereocenters. The third-order valence-electron chi connectivity index (χ3n) is 2.82. The van der Waals surface area contributed by atoms with E-state index in [4.69, 9.17) is 9.52 Å². The Hall–Kier alpha value is -1.29. The van der Waals surface area contributed by atoms with Crippen LogP contribution < -0.4 is 0 Å². The fraction of sp³-hybridized carbons (Fsp3) is 0.545. The number of carboxylic acids is 1. The summed E-state index contributed by atoms with van der Waals surface area (Å²) in [4.78, 5) is 12.8. The molecule has 1 rings (SSSR count). The number of nitrogens with zero attached hydrogens (tertiary/aromatic N) is 1. The highest BCUT2D eigenvalue weighted by atomic mass is 16.4. The van der Waals surface area contributed by atoms with Crippen molar-refractivity contribution in [3.05, 3.63) is 24.2 Å². The van der Waals surface area contributed by atoms with E-state index in [-0.39, 0.29) is 12.0 Å². The Balaban J connectivity index is 2.53. The smallest absolute Gasteiger partial charge is 0.307 e. The maximum absolute atomic E-state index is 10.8. The third kappa shape index (κ3) is 3.09. The van der Waals surface area contributed by atoms with Gasteiger partial charge in [0, 0.05) is 18.2 Å². The van der Waals surface area contributed by atoms with E-state index in [2.05, 4.69) is 0 Å². The molecule has 0 aromatic carbocycles. The molecule has 0 saturated heterocycles. The van der Waals surface area contributed by atoms with Crippen molar-refractivity contribution in [3.8, 4) is 0 Å². The summed E-state index contributed by atoms with van der Waals surface area (Å²) >= 11 is 0. The molecule has 0 aliphatic carbocycles. The van der Waals surface area contributed by atoms with Crippen LogP contribution >= 0.6 is 0 Å². The van der Waals surface area contributed by atoms with Crippen molar-refractivity contribution >= 4 is 5.97 Å². The Morgan fingerprint density at radius 3 is 2.73 bits per heavy atom. The summed E-state index contributed by atoms with van der Waals surface area (Å²) in [6, 6.07) is 1.88. The number of furan rings is 1. The average molecular weight is 211 g/mol. The maximum atomic E-state index is 10.8. The Bertz CT molecular complexity index is 308. The topological polar surface area (TPSA) is 53.7 Å². The summed E-state index contributed by atoms with van der Waals surface area (Å²) in [7, 11) is 1.91. The largest absolute Gasteiger partial charge is 0.481 e. The zero-order valence-corrected chi connectivity index (χ0v) is 9.30. The minimum atomic E-state index is -0.762. The number of rotatable bonds is 5. The molecule has 0 amide bonds. The first kappa shape index (κ1) is 11.8. The molecule has 4 nitrogen and oxygen atoms in total. The predicted octanol–water partition coefficient (Wildman–Crippen LogP) is 1.82. The van der Waals surface area contributed by atoms with Crippen LogP contribution in [-0.2, 0) is 11.3 Å². The van der Waals surface area contributed by atoms with Crippen LogP contribution in [0.2, 0.25) is 0 Å². The normalized spacial score (nSPS) is 15.2. The second-order valence-electron chi connectivity index (χ2n) is 3.91. The molecule has 1 aromatic heterocycles. The molecule has 0 aliphatic rings. The molecule has 84 valence electrons. The molecule has 0 bridgehead atoms. The van der Waals surface area contributed by atoms with E-state index in [0.29, 0.717) is 6.54 Å². The molecule has 4 heteroatoms. The quantitative estimate of drug-likeness (QED) is 0.807. The van der Waals surface area contributed by atoms with Gasteiger partial charge in [0.25, 0.3) is 0 Å². The van der Waals surface area contributed by atoms with Crippen molar-refractivity contribution in [1.29, 1.82) is 0 Å². The fourth-order valence-corrected chi connectivity index (χ4v) is 1.40. The van der Waals surface area contributed by atoms with Gasteiger partial charge in [-0.1, -0.05) is 6.92 Å². The van der Waals surface area contributed by atoms with Crippen molar-refractivity contribution in [2.75, 3.05) is 7.05 Å². The Labute approximate surface area is 89.5 Å². The van der Waals surface area contributed by atoms with Gasteiger partial charge in [-0.15, -0.1) is 0 Å². The van der Waals surface area contributed by atoms with Gasteiger partial charge in [-0.3, -0.25) is 9.69 Å². The lowest BCUT2D eigenvalue weighted by Gasteiger charge is -2.27. The van der Waals surface area contributed by atoms with E-state index >= 15 is 0 Å². The molecular weight excluding hydrogens is 194 g/mol. The van der Waals surface area contributed by atoms with E-state index in [1.165, 1.54) is 0 Å². The highest BCUT2D eigenvalue weighted by molar-refractivity contribution is 5.70. The van der Waals surface area contributed by atoms with Gasteiger partial charge in [-0.05, 0) is 20.0 Å². The van der Waals surface area contributed by atoms with Crippen LogP contribution in [0.25, 0.3) is 0 Å². The van der Waals surface area contributed by atoms with Crippen LogP contribution in [0.4, 0.5) is 0 Å². The first-order valence-corrected chi connectivity index (χ1v) is 4.96. The van der Waals surface area contributed by atoms with Crippen molar-refractivity contribution in [2.24, 2.45) is 5.92 Å². The van der Waals surface area contributed by atoms with Gasteiger partial charge < -0.3 is 9.52 Å². The van der Waals surface area contributed by atoms with Gasteiger partial charge in [0.2, 0.25) is 0 Å². The highest BCUT2D eigenvalue weighted by Gasteiger charge is 2.22. The summed E-state index contributed by atoms with van der Waals surface area (Å²) in [5, 5.41) is 8.88. The van der Waals surface area contributed by atoms with Crippen LogP contribution in [0.3, 0.4) is 0 Å². The SMILES string of the molecule is CC(C(=O)O)C(C)N(C)Cc1ccoc1. The number of carboxylic acid groups (broad SMARTS) is 1. The van der Waals surface area contributed by atoms with E-state index in [1.54, 1.807) is 19.5 Å². The van der Waals surface area contributed by atoms with Gasteiger partial charge >= 0.3 is 5.97 Å². The van der Waals surface area contributed by atoms with Crippen molar-refractivity contribution in [2.45, 2.75) is 26.4 Å². The van der Waals surface area contributed by atoms with Crippen molar-refractivity contribution in [1.82, 2.24) is 4.90 Å². The van der Waals surface area contributed by atoms with Crippen LogP contribution in [0.5, 0.6) is 0 Å². The Morgan fingerprint density at radius 2 is 2.27 bits per heavy atom. The van der Waals surface area contributed by atoms with Crippen molar-refractivity contribution in [3.63, 3.8) is 0 Å². The molecule has 0 radical (unpaired) electrons. The first-order chi connectivity index (χ1) is 7.02. The highest BCUT2D eigenvalue weighted by Crippen LogP contribution is 2.13.